The van der Waals surface area contributed by atoms with Crippen molar-refractivity contribution in [1.29, 1.82) is 0 Å². The predicted octanol–water partition coefficient (Wildman–Crippen LogP) is 2.46. The Balaban J connectivity index is 2.56. The Labute approximate surface area is 115 Å². The summed E-state index contributed by atoms with van der Waals surface area (Å²) in [5.74, 6) is 0.143. The summed E-state index contributed by atoms with van der Waals surface area (Å²) in [5, 5.41) is 0. The molecule has 0 radical (unpaired) electrons. The van der Waals surface area contributed by atoms with Crippen molar-refractivity contribution in [1.82, 2.24) is 0 Å². The number of halogens is 2. The highest BCUT2D eigenvalue weighted by molar-refractivity contribution is 8.01. The Morgan fingerprint density at radius 2 is 2.05 bits per heavy atom. The first-order valence-electron chi connectivity index (χ1n) is 5.92. The summed E-state index contributed by atoms with van der Waals surface area (Å²) in [6, 6.07) is 4.11. The van der Waals surface area contributed by atoms with E-state index in [1.807, 2.05) is 13.8 Å². The zero-order valence-electron chi connectivity index (χ0n) is 10.9. The summed E-state index contributed by atoms with van der Waals surface area (Å²) >= 11 is 1.47. The summed E-state index contributed by atoms with van der Waals surface area (Å²) in [6.07, 6.45) is 0. The van der Waals surface area contributed by atoms with Crippen molar-refractivity contribution >= 4 is 23.3 Å². The standard InChI is InChI=1S/C13H17F2N3S/c1-12(2)11(17)18-13(6-14,7-19-12)9-5-8(16)3-4-10(9)15/h3-5H,6-7,16H2,1-2H3,(H2,17,18). The summed E-state index contributed by atoms with van der Waals surface area (Å²) in [4.78, 5) is 4.26. The number of nitrogen functional groups attached to an aromatic ring is 1. The highest BCUT2D eigenvalue weighted by Crippen LogP contribution is 2.42. The number of alkyl halides is 1. The van der Waals surface area contributed by atoms with E-state index in [-0.39, 0.29) is 10.3 Å². The molecule has 1 aliphatic heterocycles. The average Bonchev–Trinajstić information content (AvgIpc) is 2.36. The van der Waals surface area contributed by atoms with E-state index in [9.17, 15) is 8.78 Å². The van der Waals surface area contributed by atoms with Gasteiger partial charge in [0.15, 0.2) is 0 Å². The lowest BCUT2D eigenvalue weighted by Gasteiger charge is -2.38. The van der Waals surface area contributed by atoms with Crippen LogP contribution in [0.25, 0.3) is 0 Å². The molecule has 1 aromatic carbocycles. The van der Waals surface area contributed by atoms with E-state index in [0.717, 1.165) is 0 Å². The second-order valence-corrected chi connectivity index (χ2v) is 6.80. The number of nitrogens with two attached hydrogens (primary N) is 2. The number of anilines is 1. The van der Waals surface area contributed by atoms with Crippen molar-refractivity contribution in [3.05, 3.63) is 29.6 Å². The first-order chi connectivity index (χ1) is 8.81. The molecule has 0 saturated heterocycles. The highest BCUT2D eigenvalue weighted by Gasteiger charge is 2.43. The minimum atomic E-state index is -1.27. The molecule has 1 aliphatic rings. The van der Waals surface area contributed by atoms with Crippen molar-refractivity contribution in [3.63, 3.8) is 0 Å². The van der Waals surface area contributed by atoms with Gasteiger partial charge in [0, 0.05) is 17.0 Å². The largest absolute Gasteiger partial charge is 0.399 e. The van der Waals surface area contributed by atoms with Gasteiger partial charge in [0.05, 0.1) is 4.75 Å². The molecule has 1 unspecified atom stereocenters. The van der Waals surface area contributed by atoms with E-state index in [4.69, 9.17) is 11.5 Å². The lowest BCUT2D eigenvalue weighted by molar-refractivity contribution is 0.330. The molecule has 1 aromatic rings. The molecule has 4 N–H and O–H groups in total. The maximum absolute atomic E-state index is 14.0. The summed E-state index contributed by atoms with van der Waals surface area (Å²) in [6.45, 7) is 3.01. The maximum Gasteiger partial charge on any atom is 0.129 e. The van der Waals surface area contributed by atoms with Gasteiger partial charge in [0.1, 0.15) is 23.9 Å². The Morgan fingerprint density at radius 3 is 2.63 bits per heavy atom. The van der Waals surface area contributed by atoms with Crippen LogP contribution in [0, 0.1) is 5.82 Å². The Morgan fingerprint density at radius 1 is 1.37 bits per heavy atom. The van der Waals surface area contributed by atoms with Crippen LogP contribution in [-0.2, 0) is 5.54 Å². The second kappa shape index (κ2) is 4.67. The first kappa shape index (κ1) is 14.1. The molecule has 104 valence electrons. The molecule has 0 saturated carbocycles. The van der Waals surface area contributed by atoms with Crippen molar-refractivity contribution < 1.29 is 8.78 Å². The molecule has 0 spiro atoms. The summed E-state index contributed by atoms with van der Waals surface area (Å²) < 4.78 is 27.2. The van der Waals surface area contributed by atoms with Crippen LogP contribution in [0.1, 0.15) is 19.4 Å². The van der Waals surface area contributed by atoms with Crippen molar-refractivity contribution in [3.8, 4) is 0 Å². The number of hydrogen-bond donors (Lipinski definition) is 2. The molecule has 0 aliphatic carbocycles. The number of aliphatic imine (C=N–C) groups is 1. The van der Waals surface area contributed by atoms with Crippen LogP contribution in [0.3, 0.4) is 0 Å². The van der Waals surface area contributed by atoms with Crippen molar-refractivity contribution in [2.45, 2.75) is 24.1 Å². The van der Waals surface area contributed by atoms with Gasteiger partial charge >= 0.3 is 0 Å². The Bertz CT molecular complexity index is 531. The minimum Gasteiger partial charge on any atom is -0.399 e. The summed E-state index contributed by atoms with van der Waals surface area (Å²) in [7, 11) is 0. The van der Waals surface area contributed by atoms with Crippen LogP contribution in [-0.4, -0.2) is 23.0 Å². The maximum atomic E-state index is 14.0. The van der Waals surface area contributed by atoms with E-state index in [0.29, 0.717) is 17.3 Å². The van der Waals surface area contributed by atoms with Crippen molar-refractivity contribution in [2.24, 2.45) is 10.7 Å². The fourth-order valence-electron chi connectivity index (χ4n) is 1.95. The monoisotopic (exact) mass is 285 g/mol. The quantitative estimate of drug-likeness (QED) is 0.820. The van der Waals surface area contributed by atoms with Crippen LogP contribution in [0.4, 0.5) is 14.5 Å². The van der Waals surface area contributed by atoms with Gasteiger partial charge < -0.3 is 11.5 Å². The molecule has 1 heterocycles. The molecule has 19 heavy (non-hydrogen) atoms. The smallest absolute Gasteiger partial charge is 0.129 e. The number of nitrogens with zero attached hydrogens (tertiary/aromatic N) is 1. The van der Waals surface area contributed by atoms with Crippen molar-refractivity contribution in [2.75, 3.05) is 18.2 Å². The molecular weight excluding hydrogens is 268 g/mol. The van der Waals surface area contributed by atoms with Gasteiger partial charge in [-0.15, -0.1) is 11.8 Å². The zero-order valence-corrected chi connectivity index (χ0v) is 11.7. The number of amidine groups is 1. The summed E-state index contributed by atoms with van der Waals surface area (Å²) in [5.41, 5.74) is 10.8. The van der Waals surface area contributed by atoms with Crippen LogP contribution >= 0.6 is 11.8 Å². The van der Waals surface area contributed by atoms with Crippen LogP contribution < -0.4 is 11.5 Å². The predicted molar refractivity (Wildman–Crippen MR) is 76.6 cm³/mol. The van der Waals surface area contributed by atoms with E-state index in [1.54, 1.807) is 0 Å². The van der Waals surface area contributed by atoms with Crippen LogP contribution in [0.2, 0.25) is 0 Å². The van der Waals surface area contributed by atoms with Crippen LogP contribution in [0.15, 0.2) is 23.2 Å². The third-order valence-corrected chi connectivity index (χ3v) is 4.89. The average molecular weight is 285 g/mol. The first-order valence-corrected chi connectivity index (χ1v) is 6.90. The van der Waals surface area contributed by atoms with E-state index in [1.165, 1.54) is 30.0 Å². The minimum absolute atomic E-state index is 0.168. The number of rotatable bonds is 2. The lowest BCUT2D eigenvalue weighted by atomic mass is 9.92. The molecule has 1 atom stereocenters. The number of thioether (sulfide) groups is 1. The molecule has 0 bridgehead atoms. The van der Waals surface area contributed by atoms with Gasteiger partial charge in [-0.1, -0.05) is 0 Å². The van der Waals surface area contributed by atoms with Gasteiger partial charge in [-0.25, -0.2) is 8.78 Å². The van der Waals surface area contributed by atoms with Gasteiger partial charge in [-0.2, -0.15) is 0 Å². The lowest BCUT2D eigenvalue weighted by Crippen LogP contribution is -2.46. The fourth-order valence-corrected chi connectivity index (χ4v) is 3.04. The second-order valence-electron chi connectivity index (χ2n) is 5.20. The van der Waals surface area contributed by atoms with Gasteiger partial charge in [-0.3, -0.25) is 4.99 Å². The molecule has 0 aromatic heterocycles. The van der Waals surface area contributed by atoms with E-state index >= 15 is 0 Å². The number of benzene rings is 1. The molecule has 0 amide bonds. The third kappa shape index (κ3) is 2.41. The van der Waals surface area contributed by atoms with Gasteiger partial charge in [0.25, 0.3) is 0 Å². The normalized spacial score (nSPS) is 26.0. The third-order valence-electron chi connectivity index (χ3n) is 3.34. The highest BCUT2D eigenvalue weighted by atomic mass is 32.2. The van der Waals surface area contributed by atoms with E-state index in [2.05, 4.69) is 4.99 Å². The topological polar surface area (TPSA) is 64.4 Å². The van der Waals surface area contributed by atoms with E-state index < -0.39 is 18.0 Å². The molecular formula is C13H17F2N3S. The number of hydrogen-bond acceptors (Lipinski definition) is 4. The Kier molecular flexibility index (Phi) is 3.47. The molecule has 6 heteroatoms. The molecule has 2 rings (SSSR count). The van der Waals surface area contributed by atoms with Crippen LogP contribution in [0.5, 0.6) is 0 Å². The SMILES string of the molecule is CC1(C)SCC(CF)(c2cc(N)ccc2F)N=C1N. The Hall–Kier alpha value is -1.30. The van der Waals surface area contributed by atoms with Gasteiger partial charge in [0.2, 0.25) is 0 Å². The molecule has 3 nitrogen and oxygen atoms in total. The zero-order chi connectivity index (χ0) is 14.3. The van der Waals surface area contributed by atoms with Gasteiger partial charge in [-0.05, 0) is 32.0 Å². The molecule has 0 fully saturated rings. The fraction of sp³-hybridized carbons (Fsp3) is 0.462.